The smallest absolute Gasteiger partial charge is 0.246 e. The van der Waals surface area contributed by atoms with Crippen molar-refractivity contribution in [3.8, 4) is 0 Å². The van der Waals surface area contributed by atoms with E-state index in [4.69, 9.17) is 4.74 Å². The summed E-state index contributed by atoms with van der Waals surface area (Å²) in [5.74, 6) is 0. The van der Waals surface area contributed by atoms with E-state index in [1.54, 1.807) is 10.9 Å². The summed E-state index contributed by atoms with van der Waals surface area (Å²) in [6.07, 6.45) is 2.99. The van der Waals surface area contributed by atoms with Crippen LogP contribution in [0, 0.1) is 0 Å². The van der Waals surface area contributed by atoms with Crippen LogP contribution >= 0.6 is 0 Å². The zero-order valence-corrected chi connectivity index (χ0v) is 13.0. The van der Waals surface area contributed by atoms with Gasteiger partial charge >= 0.3 is 0 Å². The summed E-state index contributed by atoms with van der Waals surface area (Å²) in [7, 11) is -1.64. The van der Waals surface area contributed by atoms with Gasteiger partial charge in [0.25, 0.3) is 0 Å². The van der Waals surface area contributed by atoms with Crippen LogP contribution in [-0.2, 0) is 21.3 Å². The third-order valence-electron chi connectivity index (χ3n) is 3.23. The highest BCUT2D eigenvalue weighted by molar-refractivity contribution is 7.89. The van der Waals surface area contributed by atoms with Crippen LogP contribution < -0.4 is 5.32 Å². The molecule has 2 rings (SSSR count). The Balaban J connectivity index is 2.15. The number of hydrogen-bond acceptors (Lipinski definition) is 5. The van der Waals surface area contributed by atoms with Gasteiger partial charge in [0.1, 0.15) is 4.90 Å². The Morgan fingerprint density at radius 3 is 2.90 bits per heavy atom. The van der Waals surface area contributed by atoms with Crippen molar-refractivity contribution in [2.75, 3.05) is 33.3 Å². The van der Waals surface area contributed by atoms with E-state index in [1.165, 1.54) is 10.5 Å². The van der Waals surface area contributed by atoms with E-state index >= 15 is 0 Å². The molecule has 0 bridgehead atoms. The molecule has 1 aromatic rings. The Kier molecular flexibility index (Phi) is 4.48. The Labute approximate surface area is 120 Å². The molecule has 0 spiro atoms. The van der Waals surface area contributed by atoms with E-state index in [2.05, 4.69) is 10.4 Å². The summed E-state index contributed by atoms with van der Waals surface area (Å²) in [5, 5.41) is 7.09. The van der Waals surface area contributed by atoms with E-state index in [1.807, 2.05) is 20.9 Å². The van der Waals surface area contributed by atoms with E-state index in [-0.39, 0.29) is 4.90 Å². The van der Waals surface area contributed by atoms with Crippen LogP contribution in [0.15, 0.2) is 17.3 Å². The molecule has 0 aromatic carbocycles. The van der Waals surface area contributed by atoms with Crippen LogP contribution in [0.2, 0.25) is 0 Å². The van der Waals surface area contributed by atoms with Gasteiger partial charge in [-0.2, -0.15) is 9.40 Å². The largest absolute Gasteiger partial charge is 0.373 e. The lowest BCUT2D eigenvalue weighted by atomic mass is 10.1. The molecule has 0 aliphatic carbocycles. The Bertz CT molecular complexity index is 553. The molecule has 1 aromatic heterocycles. The molecule has 0 unspecified atom stereocenters. The number of ether oxygens (including phenoxy) is 1. The van der Waals surface area contributed by atoms with Gasteiger partial charge in [-0.05, 0) is 20.9 Å². The number of hydrogen-bond donors (Lipinski definition) is 1. The van der Waals surface area contributed by atoms with Gasteiger partial charge in [-0.3, -0.25) is 4.68 Å². The minimum absolute atomic E-state index is 0.242. The van der Waals surface area contributed by atoms with Crippen molar-refractivity contribution in [2.45, 2.75) is 30.9 Å². The van der Waals surface area contributed by atoms with E-state index < -0.39 is 15.6 Å². The van der Waals surface area contributed by atoms with Gasteiger partial charge in [-0.1, -0.05) is 0 Å². The molecular weight excluding hydrogens is 280 g/mol. The highest BCUT2D eigenvalue weighted by Crippen LogP contribution is 2.23. The first-order valence-corrected chi connectivity index (χ1v) is 8.10. The molecule has 1 N–H and O–H groups in total. The lowest BCUT2D eigenvalue weighted by Gasteiger charge is -2.37. The monoisotopic (exact) mass is 302 g/mol. The number of nitrogens with one attached hydrogen (secondary N) is 1. The molecule has 8 heteroatoms. The molecule has 0 amide bonds. The second kappa shape index (κ2) is 5.80. The fraction of sp³-hybridized carbons (Fsp3) is 0.750. The quantitative estimate of drug-likeness (QED) is 0.822. The lowest BCUT2D eigenvalue weighted by Crippen LogP contribution is -2.50. The van der Waals surface area contributed by atoms with Gasteiger partial charge in [-0.25, -0.2) is 8.42 Å². The molecule has 1 saturated heterocycles. The predicted molar refractivity (Wildman–Crippen MR) is 74.9 cm³/mol. The van der Waals surface area contributed by atoms with Gasteiger partial charge in [0, 0.05) is 25.8 Å². The van der Waals surface area contributed by atoms with Crippen molar-refractivity contribution >= 4 is 10.0 Å². The first-order valence-electron chi connectivity index (χ1n) is 6.66. The van der Waals surface area contributed by atoms with Crippen molar-refractivity contribution in [3.05, 3.63) is 12.4 Å². The number of aromatic nitrogens is 2. The fourth-order valence-corrected chi connectivity index (χ4v) is 3.68. The maximum absolute atomic E-state index is 12.6. The molecule has 114 valence electrons. The van der Waals surface area contributed by atoms with Crippen molar-refractivity contribution in [2.24, 2.45) is 0 Å². The highest BCUT2D eigenvalue weighted by atomic mass is 32.2. The summed E-state index contributed by atoms with van der Waals surface area (Å²) in [6.45, 7) is 6.33. The molecule has 2 heterocycles. The molecule has 0 radical (unpaired) electrons. The van der Waals surface area contributed by atoms with Crippen LogP contribution in [0.1, 0.15) is 13.8 Å². The topological polar surface area (TPSA) is 76.5 Å². The van der Waals surface area contributed by atoms with E-state index in [0.29, 0.717) is 26.2 Å². The van der Waals surface area contributed by atoms with Crippen LogP contribution in [0.4, 0.5) is 0 Å². The fourth-order valence-electron chi connectivity index (χ4n) is 2.15. The zero-order valence-electron chi connectivity index (χ0n) is 12.2. The maximum atomic E-state index is 12.6. The molecule has 7 nitrogen and oxygen atoms in total. The minimum atomic E-state index is -3.49. The number of sulfonamides is 1. The zero-order chi connectivity index (χ0) is 14.8. The second-order valence-corrected chi connectivity index (χ2v) is 7.43. The second-order valence-electron chi connectivity index (χ2n) is 5.49. The van der Waals surface area contributed by atoms with Gasteiger partial charge in [0.05, 0.1) is 24.9 Å². The molecule has 1 aliphatic heterocycles. The molecule has 0 atom stereocenters. The van der Waals surface area contributed by atoms with E-state index in [0.717, 1.165) is 6.54 Å². The van der Waals surface area contributed by atoms with Crippen LogP contribution in [0.3, 0.4) is 0 Å². The van der Waals surface area contributed by atoms with Crippen molar-refractivity contribution in [3.63, 3.8) is 0 Å². The predicted octanol–water partition coefficient (Wildman–Crippen LogP) is -0.0980. The SMILES string of the molecule is CNCCn1cc(S(=O)(=O)N2CCOC(C)(C)C2)cn1. The van der Waals surface area contributed by atoms with Gasteiger partial charge in [0.15, 0.2) is 0 Å². The number of nitrogens with zero attached hydrogens (tertiary/aromatic N) is 3. The number of likely N-dealkylation sites (N-methyl/N-ethyl adjacent to an activating group) is 1. The van der Waals surface area contributed by atoms with Crippen molar-refractivity contribution < 1.29 is 13.2 Å². The third-order valence-corrected chi connectivity index (χ3v) is 5.03. The molecule has 0 saturated carbocycles. The lowest BCUT2D eigenvalue weighted by molar-refractivity contribution is -0.0640. The molecule has 1 fully saturated rings. The molecular formula is C12H22N4O3S. The van der Waals surface area contributed by atoms with Crippen LogP contribution in [0.25, 0.3) is 0 Å². The van der Waals surface area contributed by atoms with Gasteiger partial charge < -0.3 is 10.1 Å². The Morgan fingerprint density at radius 1 is 1.50 bits per heavy atom. The number of morpholine rings is 1. The van der Waals surface area contributed by atoms with Crippen molar-refractivity contribution in [1.82, 2.24) is 19.4 Å². The molecule has 1 aliphatic rings. The summed E-state index contributed by atoms with van der Waals surface area (Å²) in [4.78, 5) is 0.242. The summed E-state index contributed by atoms with van der Waals surface area (Å²) in [5.41, 5.74) is -0.451. The summed E-state index contributed by atoms with van der Waals surface area (Å²) < 4.78 is 33.8. The highest BCUT2D eigenvalue weighted by Gasteiger charge is 2.35. The Hall–Kier alpha value is -0.960. The third kappa shape index (κ3) is 3.38. The number of rotatable bonds is 5. The average Bonchev–Trinajstić information content (AvgIpc) is 2.84. The minimum Gasteiger partial charge on any atom is -0.373 e. The van der Waals surface area contributed by atoms with Crippen LogP contribution in [-0.4, -0.2) is 61.4 Å². The summed E-state index contributed by atoms with van der Waals surface area (Å²) in [6, 6.07) is 0. The Morgan fingerprint density at radius 2 is 2.25 bits per heavy atom. The van der Waals surface area contributed by atoms with Gasteiger partial charge in [0.2, 0.25) is 10.0 Å². The maximum Gasteiger partial charge on any atom is 0.246 e. The standard InChI is InChI=1S/C12H22N4O3S/c1-12(2)10-16(6-7-19-12)20(17,18)11-8-14-15(9-11)5-4-13-3/h8-9,13H,4-7,10H2,1-3H3. The average molecular weight is 302 g/mol. The normalized spacial score (nSPS) is 20.1. The first kappa shape index (κ1) is 15.4. The van der Waals surface area contributed by atoms with Crippen molar-refractivity contribution in [1.29, 1.82) is 0 Å². The summed E-state index contributed by atoms with van der Waals surface area (Å²) >= 11 is 0. The molecule has 20 heavy (non-hydrogen) atoms. The van der Waals surface area contributed by atoms with Gasteiger partial charge in [-0.15, -0.1) is 0 Å². The first-order chi connectivity index (χ1) is 9.35. The van der Waals surface area contributed by atoms with E-state index in [9.17, 15) is 8.42 Å². The van der Waals surface area contributed by atoms with Crippen LogP contribution in [0.5, 0.6) is 0 Å².